The summed E-state index contributed by atoms with van der Waals surface area (Å²) < 4.78 is 5.59. The van der Waals surface area contributed by atoms with Crippen LogP contribution in [-0.2, 0) is 9.59 Å². The van der Waals surface area contributed by atoms with Gasteiger partial charge in [0.1, 0.15) is 11.8 Å². The SMILES string of the molecule is Cc1ccc(O[C@H](C)C(=O)N2CCC[C@@H]2C(=O)O)cc1. The molecule has 1 saturated heterocycles. The molecule has 2 atom stereocenters. The van der Waals surface area contributed by atoms with Gasteiger partial charge in [-0.05, 0) is 38.8 Å². The molecule has 1 heterocycles. The zero-order chi connectivity index (χ0) is 14.7. The molecule has 1 fully saturated rings. The number of amides is 1. The second-order valence-electron chi connectivity index (χ2n) is 5.10. The standard InChI is InChI=1S/C15H19NO4/c1-10-5-7-12(8-6-10)20-11(2)14(17)16-9-3-4-13(16)15(18)19/h5-8,11,13H,3-4,9H2,1-2H3,(H,18,19)/t11-,13-/m1/s1. The Morgan fingerprint density at radius 2 is 2.00 bits per heavy atom. The molecule has 5 heteroatoms. The number of hydrogen-bond donors (Lipinski definition) is 1. The number of benzene rings is 1. The number of ether oxygens (including phenoxy) is 1. The van der Waals surface area contributed by atoms with Gasteiger partial charge in [0.2, 0.25) is 0 Å². The van der Waals surface area contributed by atoms with Crippen molar-refractivity contribution in [3.05, 3.63) is 29.8 Å². The van der Waals surface area contributed by atoms with E-state index in [1.165, 1.54) is 4.90 Å². The second-order valence-corrected chi connectivity index (χ2v) is 5.10. The monoisotopic (exact) mass is 277 g/mol. The fraction of sp³-hybridized carbons (Fsp3) is 0.467. The first-order chi connectivity index (χ1) is 9.49. The first-order valence-electron chi connectivity index (χ1n) is 6.75. The van der Waals surface area contributed by atoms with Crippen LogP contribution in [0.25, 0.3) is 0 Å². The van der Waals surface area contributed by atoms with Gasteiger partial charge < -0.3 is 14.7 Å². The van der Waals surface area contributed by atoms with Crippen LogP contribution in [-0.4, -0.2) is 40.6 Å². The summed E-state index contributed by atoms with van der Waals surface area (Å²) in [5.41, 5.74) is 1.11. The topological polar surface area (TPSA) is 66.8 Å². The Morgan fingerprint density at radius 1 is 1.35 bits per heavy atom. The summed E-state index contributed by atoms with van der Waals surface area (Å²) in [6.45, 7) is 4.11. The van der Waals surface area contributed by atoms with Gasteiger partial charge in [-0.3, -0.25) is 4.79 Å². The highest BCUT2D eigenvalue weighted by Crippen LogP contribution is 2.20. The van der Waals surface area contributed by atoms with Gasteiger partial charge in [0.25, 0.3) is 5.91 Å². The fourth-order valence-corrected chi connectivity index (χ4v) is 2.39. The van der Waals surface area contributed by atoms with E-state index in [-0.39, 0.29) is 5.91 Å². The second kappa shape index (κ2) is 5.94. The van der Waals surface area contributed by atoms with Crippen LogP contribution in [0.4, 0.5) is 0 Å². The first-order valence-corrected chi connectivity index (χ1v) is 6.75. The van der Waals surface area contributed by atoms with Gasteiger partial charge in [-0.15, -0.1) is 0 Å². The Bertz CT molecular complexity index is 497. The third-order valence-electron chi connectivity index (χ3n) is 3.50. The van der Waals surface area contributed by atoms with Gasteiger partial charge in [0.15, 0.2) is 6.10 Å². The van der Waals surface area contributed by atoms with Gasteiger partial charge in [0, 0.05) is 6.54 Å². The highest BCUT2D eigenvalue weighted by molar-refractivity contribution is 5.87. The molecular weight excluding hydrogens is 258 g/mol. The van der Waals surface area contributed by atoms with Crippen LogP contribution in [0.15, 0.2) is 24.3 Å². The Labute approximate surface area is 118 Å². The van der Waals surface area contributed by atoms with E-state index in [0.717, 1.165) is 12.0 Å². The summed E-state index contributed by atoms with van der Waals surface area (Å²) in [5, 5.41) is 9.10. The molecule has 1 aliphatic heterocycles. The summed E-state index contributed by atoms with van der Waals surface area (Å²) >= 11 is 0. The Hall–Kier alpha value is -2.04. The van der Waals surface area contributed by atoms with Crippen LogP contribution >= 0.6 is 0 Å². The number of carbonyl (C=O) groups is 2. The number of aliphatic carboxylic acids is 1. The number of likely N-dealkylation sites (tertiary alicyclic amines) is 1. The van der Waals surface area contributed by atoms with Crippen LogP contribution in [0.5, 0.6) is 5.75 Å². The highest BCUT2D eigenvalue weighted by atomic mass is 16.5. The lowest BCUT2D eigenvalue weighted by molar-refractivity contribution is -0.150. The van der Waals surface area contributed by atoms with Crippen molar-refractivity contribution in [2.24, 2.45) is 0 Å². The predicted octanol–water partition coefficient (Wildman–Crippen LogP) is 1.84. The van der Waals surface area contributed by atoms with Gasteiger partial charge in [-0.2, -0.15) is 0 Å². The summed E-state index contributed by atoms with van der Waals surface area (Å²) in [6.07, 6.45) is 0.552. The molecule has 20 heavy (non-hydrogen) atoms. The van der Waals surface area contributed by atoms with E-state index in [2.05, 4.69) is 0 Å². The molecule has 0 spiro atoms. The van der Waals surface area contributed by atoms with Crippen molar-refractivity contribution in [1.82, 2.24) is 4.90 Å². The number of nitrogens with zero attached hydrogens (tertiary/aromatic N) is 1. The summed E-state index contributed by atoms with van der Waals surface area (Å²) in [5.74, 6) is -0.601. The van der Waals surface area contributed by atoms with E-state index in [0.29, 0.717) is 18.7 Å². The highest BCUT2D eigenvalue weighted by Gasteiger charge is 2.36. The number of hydrogen-bond acceptors (Lipinski definition) is 3. The van der Waals surface area contributed by atoms with Crippen LogP contribution in [0.1, 0.15) is 25.3 Å². The van der Waals surface area contributed by atoms with Crippen LogP contribution in [0.2, 0.25) is 0 Å². The minimum absolute atomic E-state index is 0.268. The molecule has 0 saturated carbocycles. The van der Waals surface area contributed by atoms with E-state index in [1.807, 2.05) is 19.1 Å². The molecule has 1 aromatic carbocycles. The lowest BCUT2D eigenvalue weighted by Gasteiger charge is -2.25. The Morgan fingerprint density at radius 3 is 2.60 bits per heavy atom. The van der Waals surface area contributed by atoms with Gasteiger partial charge in [-0.1, -0.05) is 17.7 Å². The van der Waals surface area contributed by atoms with Crippen LogP contribution in [0, 0.1) is 6.92 Å². The summed E-state index contributed by atoms with van der Waals surface area (Å²) in [6, 6.07) is 6.70. The predicted molar refractivity (Wildman–Crippen MR) is 73.6 cm³/mol. The molecule has 0 radical (unpaired) electrons. The first kappa shape index (κ1) is 14.4. The van der Waals surface area contributed by atoms with Crippen molar-refractivity contribution in [2.45, 2.75) is 38.8 Å². The average Bonchev–Trinajstić information content (AvgIpc) is 2.90. The van der Waals surface area contributed by atoms with E-state index in [4.69, 9.17) is 9.84 Å². The molecule has 2 rings (SSSR count). The maximum atomic E-state index is 12.3. The minimum atomic E-state index is -0.946. The molecule has 1 aliphatic rings. The molecule has 0 bridgehead atoms. The minimum Gasteiger partial charge on any atom is -0.481 e. The molecule has 0 aliphatic carbocycles. The molecular formula is C15H19NO4. The molecule has 1 amide bonds. The number of carboxylic acids is 1. The van der Waals surface area contributed by atoms with Crippen molar-refractivity contribution in [2.75, 3.05) is 6.54 Å². The Balaban J connectivity index is 2.01. The maximum Gasteiger partial charge on any atom is 0.326 e. The quantitative estimate of drug-likeness (QED) is 0.912. The maximum absolute atomic E-state index is 12.3. The lowest BCUT2D eigenvalue weighted by Crippen LogP contribution is -2.46. The zero-order valence-corrected chi connectivity index (χ0v) is 11.7. The molecule has 0 aromatic heterocycles. The number of rotatable bonds is 4. The molecule has 5 nitrogen and oxygen atoms in total. The molecule has 0 unspecified atom stereocenters. The van der Waals surface area contributed by atoms with E-state index >= 15 is 0 Å². The van der Waals surface area contributed by atoms with Crippen molar-refractivity contribution < 1.29 is 19.4 Å². The lowest BCUT2D eigenvalue weighted by atomic mass is 10.2. The van der Waals surface area contributed by atoms with E-state index < -0.39 is 18.1 Å². The number of carbonyl (C=O) groups excluding carboxylic acids is 1. The van der Waals surface area contributed by atoms with Crippen LogP contribution in [0.3, 0.4) is 0 Å². The summed E-state index contributed by atoms with van der Waals surface area (Å²) in [4.78, 5) is 24.8. The van der Waals surface area contributed by atoms with Gasteiger partial charge in [0.05, 0.1) is 0 Å². The molecule has 1 N–H and O–H groups in total. The van der Waals surface area contributed by atoms with E-state index in [9.17, 15) is 9.59 Å². The fourth-order valence-electron chi connectivity index (χ4n) is 2.39. The van der Waals surface area contributed by atoms with Crippen molar-refractivity contribution in [1.29, 1.82) is 0 Å². The van der Waals surface area contributed by atoms with Crippen molar-refractivity contribution in [3.63, 3.8) is 0 Å². The van der Waals surface area contributed by atoms with Crippen molar-refractivity contribution in [3.8, 4) is 5.75 Å². The number of carboxylic acid groups (broad SMARTS) is 1. The largest absolute Gasteiger partial charge is 0.481 e. The van der Waals surface area contributed by atoms with Gasteiger partial charge >= 0.3 is 5.97 Å². The van der Waals surface area contributed by atoms with Gasteiger partial charge in [-0.25, -0.2) is 4.79 Å². The third kappa shape index (κ3) is 3.10. The molecule has 108 valence electrons. The van der Waals surface area contributed by atoms with Crippen LogP contribution < -0.4 is 4.74 Å². The third-order valence-corrected chi connectivity index (χ3v) is 3.50. The molecule has 1 aromatic rings. The number of aryl methyl sites for hydroxylation is 1. The normalized spacial score (nSPS) is 19.7. The Kier molecular flexibility index (Phi) is 4.27. The average molecular weight is 277 g/mol. The zero-order valence-electron chi connectivity index (χ0n) is 11.7. The summed E-state index contributed by atoms with van der Waals surface area (Å²) in [7, 11) is 0. The van der Waals surface area contributed by atoms with E-state index in [1.54, 1.807) is 19.1 Å². The smallest absolute Gasteiger partial charge is 0.326 e. The van der Waals surface area contributed by atoms with Crippen molar-refractivity contribution >= 4 is 11.9 Å².